The molecule has 0 amide bonds. The van der Waals surface area contributed by atoms with E-state index in [4.69, 9.17) is 19.9 Å². The van der Waals surface area contributed by atoms with E-state index in [0.29, 0.717) is 13.2 Å². The third-order valence-corrected chi connectivity index (χ3v) is 3.07. The Balaban J connectivity index is 1.99. The van der Waals surface area contributed by atoms with Gasteiger partial charge in [0.2, 0.25) is 0 Å². The number of likely N-dealkylation sites (N-methyl/N-ethyl adjacent to an activating group) is 1. The molecule has 5 nitrogen and oxygen atoms in total. The van der Waals surface area contributed by atoms with E-state index in [-0.39, 0.29) is 0 Å². The molecule has 1 aromatic rings. The minimum Gasteiger partial charge on any atom is -0.486 e. The molecule has 0 aromatic heterocycles. The van der Waals surface area contributed by atoms with Crippen molar-refractivity contribution in [1.82, 2.24) is 4.90 Å². The zero-order chi connectivity index (χ0) is 13.7. The molecular weight excluding hydrogens is 244 g/mol. The smallest absolute Gasteiger partial charge is 0.163 e. The van der Waals surface area contributed by atoms with Crippen LogP contribution in [0.15, 0.2) is 12.1 Å². The summed E-state index contributed by atoms with van der Waals surface area (Å²) in [7, 11) is 2.05. The van der Waals surface area contributed by atoms with Crippen LogP contribution in [0.1, 0.15) is 12.5 Å². The summed E-state index contributed by atoms with van der Waals surface area (Å²) in [5.41, 5.74) is 7.86. The van der Waals surface area contributed by atoms with Gasteiger partial charge in [0.05, 0.1) is 6.61 Å². The van der Waals surface area contributed by atoms with Crippen LogP contribution in [0.5, 0.6) is 11.5 Å². The van der Waals surface area contributed by atoms with Gasteiger partial charge in [-0.1, -0.05) is 0 Å². The Morgan fingerprint density at radius 3 is 2.63 bits per heavy atom. The summed E-state index contributed by atoms with van der Waals surface area (Å²) in [5, 5.41) is 0. The lowest BCUT2D eigenvalue weighted by atomic mass is 10.1. The van der Waals surface area contributed by atoms with Gasteiger partial charge >= 0.3 is 0 Å². The van der Waals surface area contributed by atoms with Gasteiger partial charge < -0.3 is 19.9 Å². The van der Waals surface area contributed by atoms with E-state index >= 15 is 0 Å². The topological polar surface area (TPSA) is 57.0 Å². The number of hydrogen-bond donors (Lipinski definition) is 1. The highest BCUT2D eigenvalue weighted by atomic mass is 16.6. The summed E-state index contributed by atoms with van der Waals surface area (Å²) >= 11 is 0. The van der Waals surface area contributed by atoms with Crippen LogP contribution in [0.4, 0.5) is 5.69 Å². The minimum absolute atomic E-state index is 0.583. The fraction of sp³-hybridized carbons (Fsp3) is 0.571. The number of nitrogens with zero attached hydrogens (tertiary/aromatic N) is 1. The van der Waals surface area contributed by atoms with Crippen molar-refractivity contribution in [3.05, 3.63) is 17.7 Å². The highest BCUT2D eigenvalue weighted by molar-refractivity contribution is 5.58. The number of benzene rings is 1. The second-order valence-electron chi connectivity index (χ2n) is 4.63. The maximum atomic E-state index is 6.05. The summed E-state index contributed by atoms with van der Waals surface area (Å²) < 4.78 is 16.4. The Morgan fingerprint density at radius 2 is 1.95 bits per heavy atom. The quantitative estimate of drug-likeness (QED) is 0.625. The van der Waals surface area contributed by atoms with E-state index < -0.39 is 0 Å². The standard InChI is InChI=1S/C14H22N2O3/c1-3-17-5-4-16(2)10-11-8-13-14(9-12(11)15)19-7-6-18-13/h8-9H,3-7,10,15H2,1-2H3. The molecule has 106 valence electrons. The van der Waals surface area contributed by atoms with E-state index in [9.17, 15) is 0 Å². The molecule has 0 spiro atoms. The molecule has 5 heteroatoms. The van der Waals surface area contributed by atoms with E-state index in [2.05, 4.69) is 11.9 Å². The third-order valence-electron chi connectivity index (χ3n) is 3.07. The molecule has 0 unspecified atom stereocenters. The fourth-order valence-electron chi connectivity index (χ4n) is 2.02. The first-order valence-electron chi connectivity index (χ1n) is 6.65. The van der Waals surface area contributed by atoms with Gasteiger partial charge in [0, 0.05) is 31.5 Å². The lowest BCUT2D eigenvalue weighted by Gasteiger charge is -2.22. The molecule has 0 radical (unpaired) electrons. The average molecular weight is 266 g/mol. The Hall–Kier alpha value is -1.46. The summed E-state index contributed by atoms with van der Waals surface area (Å²) in [6.07, 6.45) is 0. The van der Waals surface area contributed by atoms with Crippen LogP contribution in [-0.2, 0) is 11.3 Å². The summed E-state index contributed by atoms with van der Waals surface area (Å²) in [6.45, 7) is 6.31. The van der Waals surface area contributed by atoms with Crippen molar-refractivity contribution in [1.29, 1.82) is 0 Å². The van der Waals surface area contributed by atoms with Crippen LogP contribution >= 0.6 is 0 Å². The largest absolute Gasteiger partial charge is 0.486 e. The SMILES string of the molecule is CCOCCN(C)Cc1cc2c(cc1N)OCCO2. The van der Waals surface area contributed by atoms with Crippen LogP contribution in [0.25, 0.3) is 0 Å². The van der Waals surface area contributed by atoms with E-state index in [1.54, 1.807) is 0 Å². The van der Waals surface area contributed by atoms with Crippen molar-refractivity contribution in [3.8, 4) is 11.5 Å². The van der Waals surface area contributed by atoms with Crippen LogP contribution in [0.3, 0.4) is 0 Å². The van der Waals surface area contributed by atoms with Gasteiger partial charge in [0.15, 0.2) is 11.5 Å². The maximum absolute atomic E-state index is 6.05. The first-order chi connectivity index (χ1) is 9.20. The lowest BCUT2D eigenvalue weighted by Crippen LogP contribution is -2.23. The third kappa shape index (κ3) is 3.75. The number of rotatable bonds is 6. The highest BCUT2D eigenvalue weighted by Crippen LogP contribution is 2.34. The van der Waals surface area contributed by atoms with Gasteiger partial charge in [0.25, 0.3) is 0 Å². The molecule has 19 heavy (non-hydrogen) atoms. The van der Waals surface area contributed by atoms with Crippen molar-refractivity contribution >= 4 is 5.69 Å². The van der Waals surface area contributed by atoms with Crippen molar-refractivity contribution in [3.63, 3.8) is 0 Å². The van der Waals surface area contributed by atoms with Gasteiger partial charge in [-0.25, -0.2) is 0 Å². The van der Waals surface area contributed by atoms with Crippen molar-refractivity contribution in [2.45, 2.75) is 13.5 Å². The van der Waals surface area contributed by atoms with E-state index in [1.807, 2.05) is 19.1 Å². The molecular formula is C14H22N2O3. The molecule has 1 aliphatic heterocycles. The lowest BCUT2D eigenvalue weighted by molar-refractivity contribution is 0.120. The van der Waals surface area contributed by atoms with Gasteiger partial charge in [-0.15, -0.1) is 0 Å². The normalized spacial score (nSPS) is 13.8. The van der Waals surface area contributed by atoms with Crippen molar-refractivity contribution in [2.75, 3.05) is 45.8 Å². The fourth-order valence-corrected chi connectivity index (χ4v) is 2.02. The molecule has 1 heterocycles. The molecule has 1 aliphatic rings. The number of fused-ring (bicyclic) bond motifs is 1. The Labute approximate surface area is 114 Å². The monoisotopic (exact) mass is 266 g/mol. The number of ether oxygens (including phenoxy) is 3. The van der Waals surface area contributed by atoms with Gasteiger partial charge in [-0.05, 0) is 25.6 Å². The van der Waals surface area contributed by atoms with Crippen LogP contribution in [0, 0.1) is 0 Å². The van der Waals surface area contributed by atoms with Crippen molar-refractivity contribution < 1.29 is 14.2 Å². The molecule has 2 rings (SSSR count). The maximum Gasteiger partial charge on any atom is 0.163 e. The predicted octanol–water partition coefficient (Wildman–Crippen LogP) is 1.51. The Morgan fingerprint density at radius 1 is 1.26 bits per heavy atom. The molecule has 0 atom stereocenters. The van der Waals surface area contributed by atoms with Crippen LogP contribution < -0.4 is 15.2 Å². The van der Waals surface area contributed by atoms with Crippen molar-refractivity contribution in [2.24, 2.45) is 0 Å². The predicted molar refractivity (Wildman–Crippen MR) is 74.7 cm³/mol. The molecule has 0 saturated carbocycles. The molecule has 0 aliphatic carbocycles. The molecule has 2 N–H and O–H groups in total. The van der Waals surface area contributed by atoms with Crippen LogP contribution in [0.2, 0.25) is 0 Å². The van der Waals surface area contributed by atoms with Gasteiger partial charge in [-0.3, -0.25) is 4.90 Å². The first-order valence-corrected chi connectivity index (χ1v) is 6.65. The molecule has 0 bridgehead atoms. The minimum atomic E-state index is 0.583. The Kier molecular flexibility index (Phi) is 4.87. The summed E-state index contributed by atoms with van der Waals surface area (Å²) in [4.78, 5) is 2.18. The van der Waals surface area contributed by atoms with Gasteiger partial charge in [0.1, 0.15) is 13.2 Å². The number of anilines is 1. The zero-order valence-corrected chi connectivity index (χ0v) is 11.6. The Bertz CT molecular complexity index is 423. The van der Waals surface area contributed by atoms with Gasteiger partial charge in [-0.2, -0.15) is 0 Å². The van der Waals surface area contributed by atoms with E-state index in [1.165, 1.54) is 0 Å². The summed E-state index contributed by atoms with van der Waals surface area (Å²) in [5.74, 6) is 1.53. The first kappa shape index (κ1) is 14.0. The molecule has 0 saturated heterocycles. The molecule has 1 aromatic carbocycles. The van der Waals surface area contributed by atoms with Crippen LogP contribution in [-0.4, -0.2) is 44.9 Å². The average Bonchev–Trinajstić information content (AvgIpc) is 2.40. The second kappa shape index (κ2) is 6.63. The number of nitrogen functional groups attached to an aromatic ring is 1. The second-order valence-corrected chi connectivity index (χ2v) is 4.63. The number of hydrogen-bond acceptors (Lipinski definition) is 5. The zero-order valence-electron chi connectivity index (χ0n) is 11.6. The summed E-state index contributed by atoms with van der Waals surface area (Å²) in [6, 6.07) is 3.82. The highest BCUT2D eigenvalue weighted by Gasteiger charge is 2.15. The molecule has 0 fully saturated rings. The number of nitrogens with two attached hydrogens (primary N) is 1. The van der Waals surface area contributed by atoms with E-state index in [0.717, 1.165) is 49.1 Å².